The SMILES string of the molecule is Cc1cc(NC(=O)CN2CCC(C(=O)O)(C(C)C)C2)no1. The molecule has 7 nitrogen and oxygen atoms in total. The van der Waals surface area contributed by atoms with Gasteiger partial charge < -0.3 is 14.9 Å². The Morgan fingerprint density at radius 3 is 2.76 bits per heavy atom. The molecular formula is C14H21N3O4. The second-order valence-corrected chi connectivity index (χ2v) is 5.95. The molecule has 7 heteroatoms. The van der Waals surface area contributed by atoms with Crippen molar-refractivity contribution in [2.24, 2.45) is 11.3 Å². The molecule has 0 saturated carbocycles. The molecule has 1 aliphatic rings. The number of anilines is 1. The van der Waals surface area contributed by atoms with Crippen LogP contribution in [0.4, 0.5) is 5.82 Å². The number of nitrogens with zero attached hydrogens (tertiary/aromatic N) is 2. The van der Waals surface area contributed by atoms with Gasteiger partial charge in [0, 0.05) is 12.6 Å². The Balaban J connectivity index is 1.93. The summed E-state index contributed by atoms with van der Waals surface area (Å²) in [6.07, 6.45) is 0.566. The van der Waals surface area contributed by atoms with E-state index in [9.17, 15) is 14.7 Å². The monoisotopic (exact) mass is 295 g/mol. The van der Waals surface area contributed by atoms with Gasteiger partial charge in [-0.1, -0.05) is 19.0 Å². The number of rotatable bonds is 5. The lowest BCUT2D eigenvalue weighted by Crippen LogP contribution is -2.40. The van der Waals surface area contributed by atoms with Crippen LogP contribution < -0.4 is 5.32 Å². The molecule has 0 bridgehead atoms. The average Bonchev–Trinajstić information content (AvgIpc) is 2.97. The third-order valence-corrected chi connectivity index (χ3v) is 4.17. The van der Waals surface area contributed by atoms with Crippen molar-refractivity contribution in [1.29, 1.82) is 0 Å². The van der Waals surface area contributed by atoms with E-state index >= 15 is 0 Å². The number of aryl methyl sites for hydroxylation is 1. The lowest BCUT2D eigenvalue weighted by molar-refractivity contribution is -0.151. The van der Waals surface area contributed by atoms with Crippen molar-refractivity contribution in [3.63, 3.8) is 0 Å². The fourth-order valence-electron chi connectivity index (χ4n) is 2.75. The second kappa shape index (κ2) is 5.85. The predicted octanol–water partition coefficient (Wildman–Crippen LogP) is 1.35. The molecule has 1 unspecified atom stereocenters. The Morgan fingerprint density at radius 2 is 2.29 bits per heavy atom. The van der Waals surface area contributed by atoms with E-state index in [-0.39, 0.29) is 18.4 Å². The van der Waals surface area contributed by atoms with Crippen LogP contribution in [0.25, 0.3) is 0 Å². The summed E-state index contributed by atoms with van der Waals surface area (Å²) >= 11 is 0. The van der Waals surface area contributed by atoms with Crippen LogP contribution in [0.5, 0.6) is 0 Å². The topological polar surface area (TPSA) is 95.7 Å². The van der Waals surface area contributed by atoms with E-state index in [1.165, 1.54) is 0 Å². The number of hydrogen-bond acceptors (Lipinski definition) is 5. The fraction of sp³-hybridized carbons (Fsp3) is 0.643. The molecule has 1 atom stereocenters. The minimum absolute atomic E-state index is 0.0289. The average molecular weight is 295 g/mol. The molecule has 0 aromatic carbocycles. The molecule has 1 aromatic heterocycles. The van der Waals surface area contributed by atoms with Gasteiger partial charge in [0.15, 0.2) is 5.82 Å². The first kappa shape index (κ1) is 15.5. The highest BCUT2D eigenvalue weighted by atomic mass is 16.5. The van der Waals surface area contributed by atoms with Gasteiger partial charge >= 0.3 is 5.97 Å². The molecule has 2 N–H and O–H groups in total. The van der Waals surface area contributed by atoms with Crippen molar-refractivity contribution >= 4 is 17.7 Å². The summed E-state index contributed by atoms with van der Waals surface area (Å²) < 4.78 is 4.88. The highest BCUT2D eigenvalue weighted by molar-refractivity contribution is 5.91. The number of nitrogens with one attached hydrogen (secondary N) is 1. The Bertz CT molecular complexity index is 540. The van der Waals surface area contributed by atoms with E-state index in [0.29, 0.717) is 31.1 Å². The maximum Gasteiger partial charge on any atom is 0.311 e. The smallest absolute Gasteiger partial charge is 0.311 e. The number of amides is 1. The highest BCUT2D eigenvalue weighted by Gasteiger charge is 2.47. The Hall–Kier alpha value is -1.89. The largest absolute Gasteiger partial charge is 0.481 e. The lowest BCUT2D eigenvalue weighted by atomic mass is 9.76. The van der Waals surface area contributed by atoms with E-state index in [1.807, 2.05) is 18.7 Å². The Kier molecular flexibility index (Phi) is 4.32. The molecule has 1 fully saturated rings. The first-order valence-electron chi connectivity index (χ1n) is 7.02. The lowest BCUT2D eigenvalue weighted by Gasteiger charge is -2.28. The molecule has 2 heterocycles. The minimum Gasteiger partial charge on any atom is -0.481 e. The van der Waals surface area contributed by atoms with E-state index < -0.39 is 11.4 Å². The summed E-state index contributed by atoms with van der Waals surface area (Å²) in [6.45, 7) is 6.73. The van der Waals surface area contributed by atoms with E-state index in [0.717, 1.165) is 0 Å². The number of likely N-dealkylation sites (tertiary alicyclic amines) is 1. The number of carbonyl (C=O) groups excluding carboxylic acids is 1. The first-order valence-corrected chi connectivity index (χ1v) is 7.02. The van der Waals surface area contributed by atoms with Gasteiger partial charge in [0.1, 0.15) is 5.76 Å². The number of carboxylic acids is 1. The van der Waals surface area contributed by atoms with Crippen LogP contribution in [0.15, 0.2) is 10.6 Å². The molecule has 2 rings (SSSR count). The summed E-state index contributed by atoms with van der Waals surface area (Å²) in [5, 5.41) is 15.8. The van der Waals surface area contributed by atoms with Crippen molar-refractivity contribution in [3.05, 3.63) is 11.8 Å². The van der Waals surface area contributed by atoms with Crippen molar-refractivity contribution in [2.45, 2.75) is 27.2 Å². The van der Waals surface area contributed by atoms with Crippen molar-refractivity contribution in [2.75, 3.05) is 25.0 Å². The van der Waals surface area contributed by atoms with Gasteiger partial charge in [-0.05, 0) is 25.8 Å². The quantitative estimate of drug-likeness (QED) is 0.851. The van der Waals surface area contributed by atoms with Gasteiger partial charge in [-0.3, -0.25) is 14.5 Å². The molecule has 1 amide bonds. The van der Waals surface area contributed by atoms with Gasteiger partial charge in [-0.2, -0.15) is 0 Å². The number of carbonyl (C=O) groups is 2. The van der Waals surface area contributed by atoms with Crippen molar-refractivity contribution in [3.8, 4) is 0 Å². The van der Waals surface area contributed by atoms with Crippen molar-refractivity contribution in [1.82, 2.24) is 10.1 Å². The second-order valence-electron chi connectivity index (χ2n) is 5.95. The van der Waals surface area contributed by atoms with Crippen LogP contribution in [0.2, 0.25) is 0 Å². The molecule has 0 aliphatic carbocycles. The fourth-order valence-corrected chi connectivity index (χ4v) is 2.75. The summed E-state index contributed by atoms with van der Waals surface area (Å²) in [7, 11) is 0. The number of hydrogen-bond donors (Lipinski definition) is 2. The van der Waals surface area contributed by atoms with E-state index in [2.05, 4.69) is 10.5 Å². The van der Waals surface area contributed by atoms with E-state index in [4.69, 9.17) is 4.52 Å². The number of aromatic nitrogens is 1. The molecule has 1 aromatic rings. The molecule has 1 saturated heterocycles. The Morgan fingerprint density at radius 1 is 1.57 bits per heavy atom. The standard InChI is InChI=1S/C14H21N3O4/c1-9(2)14(13(19)20)4-5-17(8-14)7-12(18)15-11-6-10(3)21-16-11/h6,9H,4-5,7-8H2,1-3H3,(H,19,20)(H,15,16,18). The number of aliphatic carboxylic acids is 1. The third-order valence-electron chi connectivity index (χ3n) is 4.17. The van der Waals surface area contributed by atoms with E-state index in [1.54, 1.807) is 13.0 Å². The third kappa shape index (κ3) is 3.24. The maximum absolute atomic E-state index is 11.9. The maximum atomic E-state index is 11.9. The molecule has 0 radical (unpaired) electrons. The van der Waals surface area contributed by atoms with Crippen LogP contribution >= 0.6 is 0 Å². The molecule has 0 spiro atoms. The van der Waals surface area contributed by atoms with Crippen LogP contribution in [0.1, 0.15) is 26.0 Å². The summed E-state index contributed by atoms with van der Waals surface area (Å²) in [4.78, 5) is 25.4. The van der Waals surface area contributed by atoms with Gasteiger partial charge in [-0.25, -0.2) is 0 Å². The zero-order valence-electron chi connectivity index (χ0n) is 12.5. The number of carboxylic acid groups (broad SMARTS) is 1. The summed E-state index contributed by atoms with van der Waals surface area (Å²) in [5.74, 6) is 0.0308. The van der Waals surface area contributed by atoms with Crippen molar-refractivity contribution < 1.29 is 19.2 Å². The van der Waals surface area contributed by atoms with Crippen LogP contribution in [0, 0.1) is 18.3 Å². The minimum atomic E-state index is -0.785. The molecule has 116 valence electrons. The van der Waals surface area contributed by atoms with Crippen LogP contribution in [-0.4, -0.2) is 46.7 Å². The summed E-state index contributed by atoms with van der Waals surface area (Å²) in [5.41, 5.74) is -0.759. The molecular weight excluding hydrogens is 274 g/mol. The van der Waals surface area contributed by atoms with Gasteiger partial charge in [0.25, 0.3) is 0 Å². The zero-order chi connectivity index (χ0) is 15.6. The zero-order valence-corrected chi connectivity index (χ0v) is 12.5. The van der Waals surface area contributed by atoms with Crippen LogP contribution in [0.3, 0.4) is 0 Å². The first-order chi connectivity index (χ1) is 9.83. The van der Waals surface area contributed by atoms with Gasteiger partial charge in [0.05, 0.1) is 12.0 Å². The van der Waals surface area contributed by atoms with Gasteiger partial charge in [-0.15, -0.1) is 0 Å². The predicted molar refractivity (Wildman–Crippen MR) is 75.8 cm³/mol. The summed E-state index contributed by atoms with van der Waals surface area (Å²) in [6, 6.07) is 1.64. The Labute approximate surface area is 123 Å². The molecule has 1 aliphatic heterocycles. The normalized spacial score (nSPS) is 22.7. The van der Waals surface area contributed by atoms with Gasteiger partial charge in [0.2, 0.25) is 5.91 Å². The van der Waals surface area contributed by atoms with Crippen LogP contribution in [-0.2, 0) is 9.59 Å². The molecule has 21 heavy (non-hydrogen) atoms. The highest BCUT2D eigenvalue weighted by Crippen LogP contribution is 2.37.